The van der Waals surface area contributed by atoms with Crippen molar-refractivity contribution in [3.05, 3.63) is 36.1 Å². The third-order valence-electron chi connectivity index (χ3n) is 6.25. The van der Waals surface area contributed by atoms with E-state index in [1.807, 2.05) is 18.2 Å². The average molecular weight is 368 g/mol. The van der Waals surface area contributed by atoms with Crippen LogP contribution in [0.15, 0.2) is 34.7 Å². The lowest BCUT2D eigenvalue weighted by atomic mass is 9.97. The van der Waals surface area contributed by atoms with Gasteiger partial charge in [-0.05, 0) is 37.8 Å². The number of para-hydroxylation sites is 1. The lowest BCUT2D eigenvalue weighted by molar-refractivity contribution is -0.133. The number of carbonyl (C=O) groups excluding carboxylic acids is 1. The van der Waals surface area contributed by atoms with Crippen LogP contribution in [0.3, 0.4) is 0 Å². The van der Waals surface area contributed by atoms with E-state index in [0.29, 0.717) is 23.8 Å². The van der Waals surface area contributed by atoms with Crippen molar-refractivity contribution in [1.29, 1.82) is 0 Å². The summed E-state index contributed by atoms with van der Waals surface area (Å²) in [5, 5.41) is 4.90. The van der Waals surface area contributed by atoms with Gasteiger partial charge in [0.15, 0.2) is 0 Å². The van der Waals surface area contributed by atoms with Gasteiger partial charge in [-0.25, -0.2) is 5.43 Å². The molecule has 3 fully saturated rings. The summed E-state index contributed by atoms with van der Waals surface area (Å²) in [6, 6.07) is 11.0. The molecule has 6 nitrogen and oxygen atoms in total. The van der Waals surface area contributed by atoms with Gasteiger partial charge >= 0.3 is 0 Å². The van der Waals surface area contributed by atoms with E-state index >= 15 is 0 Å². The smallest absolute Gasteiger partial charge is 0.225 e. The van der Waals surface area contributed by atoms with Crippen LogP contribution >= 0.6 is 0 Å². The SMILES string of the molecule is O=C(C1CC1)N1CCC(NCC2CNNC2c2cc3ccccc3o2)CC1. The van der Waals surface area contributed by atoms with Crippen LogP contribution in [0.1, 0.15) is 37.5 Å². The maximum Gasteiger partial charge on any atom is 0.225 e. The summed E-state index contributed by atoms with van der Waals surface area (Å²) in [5.41, 5.74) is 7.61. The average Bonchev–Trinajstić information content (AvgIpc) is 3.29. The lowest BCUT2D eigenvalue weighted by Gasteiger charge is -2.33. The van der Waals surface area contributed by atoms with Gasteiger partial charge in [0.05, 0.1) is 6.04 Å². The Bertz CT molecular complexity index is 774. The summed E-state index contributed by atoms with van der Waals surface area (Å²) in [6.07, 6.45) is 4.31. The third kappa shape index (κ3) is 3.61. The molecule has 0 spiro atoms. The van der Waals surface area contributed by atoms with Crippen LogP contribution in [0.25, 0.3) is 11.0 Å². The Morgan fingerprint density at radius 1 is 1.19 bits per heavy atom. The standard InChI is InChI=1S/C21H28N4O2/c26-21(14-5-6-14)25-9-7-17(8-10-25)22-12-16-13-23-24-20(16)19-11-15-3-1-2-4-18(15)27-19/h1-4,11,14,16-17,20,22-24H,5-10,12-13H2. The van der Waals surface area contributed by atoms with Crippen molar-refractivity contribution in [3.63, 3.8) is 0 Å². The summed E-state index contributed by atoms with van der Waals surface area (Å²) < 4.78 is 6.07. The monoisotopic (exact) mass is 368 g/mol. The highest BCUT2D eigenvalue weighted by atomic mass is 16.3. The molecule has 5 rings (SSSR count). The Hall–Kier alpha value is -1.89. The number of furan rings is 1. The summed E-state index contributed by atoms with van der Waals surface area (Å²) in [7, 11) is 0. The summed E-state index contributed by atoms with van der Waals surface area (Å²) in [6.45, 7) is 3.68. The van der Waals surface area contributed by atoms with E-state index < -0.39 is 0 Å². The molecule has 2 atom stereocenters. The van der Waals surface area contributed by atoms with Crippen LogP contribution in [-0.2, 0) is 4.79 Å². The van der Waals surface area contributed by atoms with Crippen LogP contribution in [0, 0.1) is 11.8 Å². The molecule has 2 saturated heterocycles. The van der Waals surface area contributed by atoms with Crippen molar-refractivity contribution >= 4 is 16.9 Å². The molecule has 144 valence electrons. The number of nitrogens with one attached hydrogen (secondary N) is 3. The number of nitrogens with zero attached hydrogens (tertiary/aromatic N) is 1. The van der Waals surface area contributed by atoms with Crippen LogP contribution in [0.4, 0.5) is 0 Å². The zero-order chi connectivity index (χ0) is 18.2. The highest BCUT2D eigenvalue weighted by Gasteiger charge is 2.35. The highest BCUT2D eigenvalue weighted by molar-refractivity contribution is 5.81. The van der Waals surface area contributed by atoms with Crippen LogP contribution < -0.4 is 16.2 Å². The van der Waals surface area contributed by atoms with E-state index in [-0.39, 0.29) is 6.04 Å². The van der Waals surface area contributed by atoms with Crippen molar-refractivity contribution in [3.8, 4) is 0 Å². The first-order valence-corrected chi connectivity index (χ1v) is 10.3. The molecule has 2 unspecified atom stereocenters. The first kappa shape index (κ1) is 17.2. The molecule has 1 aromatic heterocycles. The number of benzene rings is 1. The number of fused-ring (bicyclic) bond motifs is 1. The molecule has 0 bridgehead atoms. The zero-order valence-corrected chi connectivity index (χ0v) is 15.6. The van der Waals surface area contributed by atoms with Crippen molar-refractivity contribution in [2.45, 2.75) is 37.8 Å². The quantitative estimate of drug-likeness (QED) is 0.755. The van der Waals surface area contributed by atoms with Gasteiger partial charge in [0.2, 0.25) is 5.91 Å². The van der Waals surface area contributed by atoms with Gasteiger partial charge in [-0.3, -0.25) is 10.2 Å². The molecule has 3 heterocycles. The third-order valence-corrected chi connectivity index (χ3v) is 6.25. The molecular formula is C21H28N4O2. The molecule has 1 amide bonds. The molecule has 1 aliphatic carbocycles. The predicted octanol–water partition coefficient (Wildman–Crippen LogP) is 2.19. The maximum atomic E-state index is 12.2. The number of hydrogen-bond donors (Lipinski definition) is 3. The van der Waals surface area contributed by atoms with Gasteiger partial charge in [-0.1, -0.05) is 18.2 Å². The molecule has 3 N–H and O–H groups in total. The fourth-order valence-electron chi connectivity index (χ4n) is 4.40. The second-order valence-electron chi connectivity index (χ2n) is 8.23. The fraction of sp³-hybridized carbons (Fsp3) is 0.571. The van der Waals surface area contributed by atoms with Gasteiger partial charge in [-0.2, -0.15) is 0 Å². The van der Waals surface area contributed by atoms with E-state index in [9.17, 15) is 4.79 Å². The van der Waals surface area contributed by atoms with E-state index in [1.54, 1.807) is 0 Å². The summed E-state index contributed by atoms with van der Waals surface area (Å²) >= 11 is 0. The number of rotatable bonds is 5. The molecule has 6 heteroatoms. The molecule has 2 aliphatic heterocycles. The number of carbonyl (C=O) groups is 1. The minimum atomic E-state index is 0.182. The first-order valence-electron chi connectivity index (χ1n) is 10.3. The minimum absolute atomic E-state index is 0.182. The molecular weight excluding hydrogens is 340 g/mol. The summed E-state index contributed by atoms with van der Waals surface area (Å²) in [4.78, 5) is 14.3. The van der Waals surface area contributed by atoms with Gasteiger partial charge in [0.25, 0.3) is 0 Å². The van der Waals surface area contributed by atoms with E-state index in [2.05, 4.69) is 33.2 Å². The molecule has 0 radical (unpaired) electrons. The molecule has 27 heavy (non-hydrogen) atoms. The minimum Gasteiger partial charge on any atom is -0.459 e. The fourth-order valence-corrected chi connectivity index (χ4v) is 4.40. The zero-order valence-electron chi connectivity index (χ0n) is 15.6. The van der Waals surface area contributed by atoms with Crippen LogP contribution in [0.5, 0.6) is 0 Å². The van der Waals surface area contributed by atoms with Gasteiger partial charge in [0.1, 0.15) is 11.3 Å². The Balaban J connectivity index is 1.15. The maximum absolute atomic E-state index is 12.2. The van der Waals surface area contributed by atoms with Crippen LogP contribution in [0.2, 0.25) is 0 Å². The van der Waals surface area contributed by atoms with E-state index in [0.717, 1.165) is 68.6 Å². The second-order valence-corrected chi connectivity index (χ2v) is 8.23. The first-order chi connectivity index (χ1) is 13.3. The van der Waals surface area contributed by atoms with Gasteiger partial charge in [0, 0.05) is 49.4 Å². The normalized spacial score (nSPS) is 26.7. The number of piperidine rings is 1. The predicted molar refractivity (Wildman–Crippen MR) is 104 cm³/mol. The molecule has 1 saturated carbocycles. The number of likely N-dealkylation sites (tertiary alicyclic amines) is 1. The Morgan fingerprint density at radius 2 is 2.00 bits per heavy atom. The van der Waals surface area contributed by atoms with Crippen molar-refractivity contribution in [2.24, 2.45) is 11.8 Å². The Labute approximate surface area is 159 Å². The lowest BCUT2D eigenvalue weighted by Crippen LogP contribution is -2.46. The van der Waals surface area contributed by atoms with Crippen molar-refractivity contribution < 1.29 is 9.21 Å². The van der Waals surface area contributed by atoms with E-state index in [4.69, 9.17) is 4.42 Å². The Morgan fingerprint density at radius 3 is 2.78 bits per heavy atom. The number of hydrazine groups is 1. The van der Waals surface area contributed by atoms with Crippen LogP contribution in [-0.4, -0.2) is 43.0 Å². The van der Waals surface area contributed by atoms with Gasteiger partial charge < -0.3 is 14.6 Å². The molecule has 1 aromatic carbocycles. The number of hydrogen-bond acceptors (Lipinski definition) is 5. The number of amides is 1. The van der Waals surface area contributed by atoms with Crippen molar-refractivity contribution in [2.75, 3.05) is 26.2 Å². The highest BCUT2D eigenvalue weighted by Crippen LogP contribution is 2.32. The topological polar surface area (TPSA) is 69.5 Å². The summed E-state index contributed by atoms with van der Waals surface area (Å²) in [5.74, 6) is 2.17. The second kappa shape index (κ2) is 7.26. The molecule has 2 aromatic rings. The Kier molecular flexibility index (Phi) is 4.63. The van der Waals surface area contributed by atoms with E-state index in [1.165, 1.54) is 0 Å². The van der Waals surface area contributed by atoms with Gasteiger partial charge in [-0.15, -0.1) is 0 Å². The molecule has 3 aliphatic rings. The largest absolute Gasteiger partial charge is 0.459 e. The van der Waals surface area contributed by atoms with Crippen molar-refractivity contribution in [1.82, 2.24) is 21.1 Å².